The molecule has 0 amide bonds. The first-order valence-electron chi connectivity index (χ1n) is 9.58. The lowest BCUT2D eigenvalue weighted by Gasteiger charge is -2.27. The monoisotopic (exact) mass is 378 g/mol. The maximum atomic E-state index is 12.4. The summed E-state index contributed by atoms with van der Waals surface area (Å²) < 4.78 is 16.9. The van der Waals surface area contributed by atoms with Crippen molar-refractivity contribution in [2.45, 2.75) is 72.7 Å². The molecule has 27 heavy (non-hydrogen) atoms. The van der Waals surface area contributed by atoms with Gasteiger partial charge < -0.3 is 14.2 Å². The molecule has 1 rings (SSSR count). The van der Waals surface area contributed by atoms with Crippen molar-refractivity contribution in [3.8, 4) is 0 Å². The van der Waals surface area contributed by atoms with Gasteiger partial charge in [0.25, 0.3) is 0 Å². The van der Waals surface area contributed by atoms with Crippen LogP contribution >= 0.6 is 0 Å². The Hall–Kier alpha value is -1.88. The highest BCUT2D eigenvalue weighted by atomic mass is 16.6. The van der Waals surface area contributed by atoms with E-state index < -0.39 is 29.6 Å². The minimum absolute atomic E-state index is 0.00826. The number of ether oxygens (including phenoxy) is 3. The van der Waals surface area contributed by atoms with Crippen LogP contribution in [0.25, 0.3) is 0 Å². The molecule has 3 atom stereocenters. The first kappa shape index (κ1) is 23.2. The van der Waals surface area contributed by atoms with E-state index in [4.69, 9.17) is 14.2 Å². The smallest absolute Gasteiger partial charge is 0.309 e. The van der Waals surface area contributed by atoms with E-state index in [1.165, 1.54) is 0 Å². The lowest BCUT2D eigenvalue weighted by Crippen LogP contribution is -2.30. The van der Waals surface area contributed by atoms with E-state index >= 15 is 0 Å². The van der Waals surface area contributed by atoms with E-state index in [1.54, 1.807) is 27.7 Å². The number of hydrogen-bond acceptors (Lipinski definition) is 5. The molecule has 0 saturated carbocycles. The molecule has 0 aliphatic heterocycles. The Kier molecular flexibility index (Phi) is 8.97. The molecule has 0 aliphatic rings. The number of benzene rings is 1. The van der Waals surface area contributed by atoms with E-state index in [1.807, 2.05) is 37.3 Å². The first-order valence-corrected chi connectivity index (χ1v) is 9.58. The predicted molar refractivity (Wildman–Crippen MR) is 105 cm³/mol. The highest BCUT2D eigenvalue weighted by Crippen LogP contribution is 2.25. The Morgan fingerprint density at radius 3 is 2.11 bits per heavy atom. The third-order valence-electron chi connectivity index (χ3n) is 3.76. The fourth-order valence-electron chi connectivity index (χ4n) is 2.52. The molecule has 0 bridgehead atoms. The van der Waals surface area contributed by atoms with Crippen LogP contribution in [0.1, 0.15) is 66.6 Å². The van der Waals surface area contributed by atoms with E-state index in [2.05, 4.69) is 13.8 Å². The molecule has 1 aromatic carbocycles. The average molecular weight is 379 g/mol. The minimum atomic E-state index is -0.580. The zero-order valence-electron chi connectivity index (χ0n) is 17.7. The maximum Gasteiger partial charge on any atom is 0.309 e. The van der Waals surface area contributed by atoms with E-state index in [9.17, 15) is 9.59 Å². The molecule has 0 N–H and O–H groups in total. The summed E-state index contributed by atoms with van der Waals surface area (Å²) in [5.74, 6) is -1.05. The van der Waals surface area contributed by atoms with Crippen molar-refractivity contribution in [1.82, 2.24) is 0 Å². The fraction of sp³-hybridized carbons (Fsp3) is 0.636. The zero-order valence-corrected chi connectivity index (χ0v) is 17.7. The molecule has 1 aromatic rings. The maximum absolute atomic E-state index is 12.4. The van der Waals surface area contributed by atoms with Crippen LogP contribution < -0.4 is 0 Å². The molecule has 0 spiro atoms. The summed E-state index contributed by atoms with van der Waals surface area (Å²) in [4.78, 5) is 24.4. The third kappa shape index (κ3) is 9.05. The molecule has 0 aromatic heterocycles. The average Bonchev–Trinajstić information content (AvgIpc) is 2.53. The standard InChI is InChI=1S/C22H34O5/c1-15(2)14-25-20(18-11-9-8-10-12-18)17(4)26-21(24)16(3)13-19(23)27-22(5,6)7/h8-12,15-17,20H,13-14H2,1-7H3/t16-,17+,20+/m1/s1. The van der Waals surface area contributed by atoms with Gasteiger partial charge in [0.2, 0.25) is 0 Å². The van der Waals surface area contributed by atoms with Crippen molar-refractivity contribution in [3.63, 3.8) is 0 Å². The second-order valence-corrected chi connectivity index (χ2v) is 8.39. The molecule has 5 heteroatoms. The summed E-state index contributed by atoms with van der Waals surface area (Å²) in [6.45, 7) is 13.6. The first-order chi connectivity index (χ1) is 12.5. The molecule has 0 unspecified atom stereocenters. The number of carbonyl (C=O) groups is 2. The van der Waals surface area contributed by atoms with Crippen molar-refractivity contribution in [2.24, 2.45) is 11.8 Å². The Labute approximate surface area is 163 Å². The zero-order chi connectivity index (χ0) is 20.6. The van der Waals surface area contributed by atoms with Gasteiger partial charge in [-0.3, -0.25) is 9.59 Å². The van der Waals surface area contributed by atoms with Crippen LogP contribution in [0.15, 0.2) is 30.3 Å². The SMILES string of the molecule is CC(C)CO[C@H](c1ccccc1)[C@H](C)OC(=O)[C@H](C)CC(=O)OC(C)(C)C. The van der Waals surface area contributed by atoms with Gasteiger partial charge in [-0.1, -0.05) is 51.1 Å². The quantitative estimate of drug-likeness (QED) is 0.583. The molecule has 0 fully saturated rings. The fourth-order valence-corrected chi connectivity index (χ4v) is 2.52. The van der Waals surface area contributed by atoms with Gasteiger partial charge in [0.15, 0.2) is 0 Å². The number of rotatable bonds is 9. The van der Waals surface area contributed by atoms with Crippen LogP contribution in [0.2, 0.25) is 0 Å². The molecular formula is C22H34O5. The second-order valence-electron chi connectivity index (χ2n) is 8.39. The summed E-state index contributed by atoms with van der Waals surface area (Å²) in [7, 11) is 0. The predicted octanol–water partition coefficient (Wildman–Crippen LogP) is 4.70. The lowest BCUT2D eigenvalue weighted by molar-refractivity contribution is -0.167. The van der Waals surface area contributed by atoms with Crippen molar-refractivity contribution in [3.05, 3.63) is 35.9 Å². The van der Waals surface area contributed by atoms with E-state index in [0.717, 1.165) is 5.56 Å². The Bertz CT molecular complexity index is 588. The minimum Gasteiger partial charge on any atom is -0.460 e. The van der Waals surface area contributed by atoms with Crippen molar-refractivity contribution >= 4 is 11.9 Å². The van der Waals surface area contributed by atoms with Crippen LogP contribution in [-0.4, -0.2) is 30.3 Å². The van der Waals surface area contributed by atoms with Gasteiger partial charge in [-0.05, 0) is 39.2 Å². The topological polar surface area (TPSA) is 61.8 Å². The van der Waals surface area contributed by atoms with Crippen LogP contribution in [-0.2, 0) is 23.8 Å². The second kappa shape index (κ2) is 10.5. The van der Waals surface area contributed by atoms with E-state index in [0.29, 0.717) is 12.5 Å². The lowest BCUT2D eigenvalue weighted by atomic mass is 10.0. The highest BCUT2D eigenvalue weighted by Gasteiger charge is 2.28. The van der Waals surface area contributed by atoms with Gasteiger partial charge in [0.1, 0.15) is 17.8 Å². The molecule has 5 nitrogen and oxygen atoms in total. The van der Waals surface area contributed by atoms with Gasteiger partial charge in [-0.15, -0.1) is 0 Å². The van der Waals surface area contributed by atoms with Gasteiger partial charge >= 0.3 is 11.9 Å². The van der Waals surface area contributed by atoms with Crippen molar-refractivity contribution < 1.29 is 23.8 Å². The normalized spacial score (nSPS) is 15.1. The Balaban J connectivity index is 2.71. The highest BCUT2D eigenvalue weighted by molar-refractivity contribution is 5.79. The summed E-state index contributed by atoms with van der Waals surface area (Å²) in [6, 6.07) is 9.71. The summed E-state index contributed by atoms with van der Waals surface area (Å²) in [6.07, 6.45) is -0.836. The van der Waals surface area contributed by atoms with Crippen molar-refractivity contribution in [1.29, 1.82) is 0 Å². The van der Waals surface area contributed by atoms with Crippen molar-refractivity contribution in [2.75, 3.05) is 6.61 Å². The number of carbonyl (C=O) groups excluding carboxylic acids is 2. The van der Waals surface area contributed by atoms with Crippen LogP contribution in [0.3, 0.4) is 0 Å². The van der Waals surface area contributed by atoms with Gasteiger partial charge in [0, 0.05) is 6.61 Å². The summed E-state index contributed by atoms with van der Waals surface area (Å²) in [5.41, 5.74) is 0.384. The summed E-state index contributed by atoms with van der Waals surface area (Å²) >= 11 is 0. The van der Waals surface area contributed by atoms with Crippen LogP contribution in [0.4, 0.5) is 0 Å². The van der Waals surface area contributed by atoms with E-state index in [-0.39, 0.29) is 12.5 Å². The Morgan fingerprint density at radius 1 is 1.00 bits per heavy atom. The molecule has 0 heterocycles. The molecule has 152 valence electrons. The molecule has 0 aliphatic carbocycles. The largest absolute Gasteiger partial charge is 0.460 e. The van der Waals surface area contributed by atoms with Crippen LogP contribution in [0, 0.1) is 11.8 Å². The molecular weight excluding hydrogens is 344 g/mol. The summed E-state index contributed by atoms with van der Waals surface area (Å²) in [5, 5.41) is 0. The van der Waals surface area contributed by atoms with Gasteiger partial charge in [0.05, 0.1) is 12.3 Å². The number of hydrogen-bond donors (Lipinski definition) is 0. The Morgan fingerprint density at radius 2 is 1.59 bits per heavy atom. The number of esters is 2. The molecule has 0 saturated heterocycles. The van der Waals surface area contributed by atoms with Gasteiger partial charge in [-0.2, -0.15) is 0 Å². The molecule has 0 radical (unpaired) electrons. The van der Waals surface area contributed by atoms with Crippen LogP contribution in [0.5, 0.6) is 0 Å². The third-order valence-corrected chi connectivity index (χ3v) is 3.76. The van der Waals surface area contributed by atoms with Gasteiger partial charge in [-0.25, -0.2) is 0 Å².